The van der Waals surface area contributed by atoms with E-state index < -0.39 is 10.0 Å². The van der Waals surface area contributed by atoms with Crippen LogP contribution in [0.4, 0.5) is 0 Å². The summed E-state index contributed by atoms with van der Waals surface area (Å²) in [5.41, 5.74) is 1.03. The molecule has 4 nitrogen and oxygen atoms in total. The third kappa shape index (κ3) is 4.29. The summed E-state index contributed by atoms with van der Waals surface area (Å²) < 4.78 is 27.4. The van der Waals surface area contributed by atoms with Gasteiger partial charge in [0.15, 0.2) is 0 Å². The number of nitrogens with zero attached hydrogens (tertiary/aromatic N) is 1. The van der Waals surface area contributed by atoms with E-state index in [2.05, 4.69) is 4.72 Å². The average Bonchev–Trinajstić information content (AvgIpc) is 2.48. The molecule has 0 amide bonds. The Kier molecular flexibility index (Phi) is 5.38. The van der Waals surface area contributed by atoms with Crippen LogP contribution >= 0.6 is 0 Å². The molecule has 0 bridgehead atoms. The molecule has 21 heavy (non-hydrogen) atoms. The van der Waals surface area contributed by atoms with E-state index in [1.54, 1.807) is 19.1 Å². The molecule has 0 atom stereocenters. The van der Waals surface area contributed by atoms with Crippen LogP contribution < -0.4 is 4.72 Å². The van der Waals surface area contributed by atoms with Gasteiger partial charge in [-0.3, -0.25) is 0 Å². The van der Waals surface area contributed by atoms with Crippen molar-refractivity contribution in [3.05, 3.63) is 29.3 Å². The first kappa shape index (κ1) is 16.0. The van der Waals surface area contributed by atoms with Crippen LogP contribution in [0.3, 0.4) is 0 Å². The van der Waals surface area contributed by atoms with Crippen LogP contribution in [0, 0.1) is 24.2 Å². The van der Waals surface area contributed by atoms with Gasteiger partial charge < -0.3 is 0 Å². The topological polar surface area (TPSA) is 70.0 Å². The van der Waals surface area contributed by atoms with E-state index in [9.17, 15) is 8.42 Å². The molecule has 0 aromatic heterocycles. The molecule has 1 fully saturated rings. The SMILES string of the molecule is Cc1ccc(C#N)cc1S(=O)(=O)NCCC1CCCCC1. The zero-order valence-electron chi connectivity index (χ0n) is 12.4. The van der Waals surface area contributed by atoms with Crippen molar-refractivity contribution in [1.29, 1.82) is 5.26 Å². The van der Waals surface area contributed by atoms with Gasteiger partial charge in [-0.25, -0.2) is 13.1 Å². The van der Waals surface area contributed by atoms with Gasteiger partial charge in [0.2, 0.25) is 10.0 Å². The largest absolute Gasteiger partial charge is 0.240 e. The number of nitrogens with one attached hydrogen (secondary N) is 1. The van der Waals surface area contributed by atoms with Crippen molar-refractivity contribution < 1.29 is 8.42 Å². The Labute approximate surface area is 127 Å². The van der Waals surface area contributed by atoms with Crippen LogP contribution in [0.25, 0.3) is 0 Å². The number of nitriles is 1. The van der Waals surface area contributed by atoms with Crippen molar-refractivity contribution >= 4 is 10.0 Å². The monoisotopic (exact) mass is 306 g/mol. The molecule has 0 radical (unpaired) electrons. The van der Waals surface area contributed by atoms with Gasteiger partial charge in [-0.2, -0.15) is 5.26 Å². The minimum atomic E-state index is -3.53. The molecule has 0 saturated heterocycles. The third-order valence-corrected chi connectivity index (χ3v) is 5.78. The fourth-order valence-electron chi connectivity index (χ4n) is 2.91. The summed E-state index contributed by atoms with van der Waals surface area (Å²) in [6.07, 6.45) is 7.16. The summed E-state index contributed by atoms with van der Waals surface area (Å²) >= 11 is 0. The highest BCUT2D eigenvalue weighted by molar-refractivity contribution is 7.89. The summed E-state index contributed by atoms with van der Waals surface area (Å²) in [6.45, 7) is 2.22. The van der Waals surface area contributed by atoms with E-state index in [0.717, 1.165) is 6.42 Å². The smallest absolute Gasteiger partial charge is 0.211 e. The Balaban J connectivity index is 1.99. The Morgan fingerprint density at radius 1 is 1.29 bits per heavy atom. The molecule has 1 N–H and O–H groups in total. The van der Waals surface area contributed by atoms with Crippen LogP contribution in [0.15, 0.2) is 23.1 Å². The zero-order valence-corrected chi connectivity index (χ0v) is 13.2. The number of hydrogen-bond donors (Lipinski definition) is 1. The second-order valence-electron chi connectivity index (χ2n) is 5.78. The van der Waals surface area contributed by atoms with Gasteiger partial charge in [0, 0.05) is 6.54 Å². The summed E-state index contributed by atoms with van der Waals surface area (Å²) in [7, 11) is -3.53. The highest BCUT2D eigenvalue weighted by Crippen LogP contribution is 2.26. The van der Waals surface area contributed by atoms with Crippen molar-refractivity contribution in [2.45, 2.75) is 50.3 Å². The number of aryl methyl sites for hydroxylation is 1. The Hall–Kier alpha value is -1.38. The predicted molar refractivity (Wildman–Crippen MR) is 82.3 cm³/mol. The minimum Gasteiger partial charge on any atom is -0.211 e. The second kappa shape index (κ2) is 7.06. The van der Waals surface area contributed by atoms with Crippen molar-refractivity contribution in [1.82, 2.24) is 4.72 Å². The van der Waals surface area contributed by atoms with E-state index in [4.69, 9.17) is 5.26 Å². The predicted octanol–water partition coefficient (Wildman–Crippen LogP) is 3.12. The Bertz CT molecular complexity index is 626. The maximum Gasteiger partial charge on any atom is 0.240 e. The maximum absolute atomic E-state index is 12.3. The number of hydrogen-bond acceptors (Lipinski definition) is 3. The van der Waals surface area contributed by atoms with E-state index in [1.165, 1.54) is 38.2 Å². The lowest BCUT2D eigenvalue weighted by atomic mass is 9.87. The van der Waals surface area contributed by atoms with Crippen molar-refractivity contribution in [2.24, 2.45) is 5.92 Å². The number of sulfonamides is 1. The van der Waals surface area contributed by atoms with Crippen LogP contribution in [0.2, 0.25) is 0 Å². The molecule has 0 unspecified atom stereocenters. The lowest BCUT2D eigenvalue weighted by Gasteiger charge is -2.21. The minimum absolute atomic E-state index is 0.213. The molecule has 1 saturated carbocycles. The number of benzene rings is 1. The molecule has 0 spiro atoms. The molecular formula is C16H22N2O2S. The quantitative estimate of drug-likeness (QED) is 0.908. The van der Waals surface area contributed by atoms with Gasteiger partial charge >= 0.3 is 0 Å². The summed E-state index contributed by atoms with van der Waals surface area (Å²) in [5.74, 6) is 0.646. The first-order valence-electron chi connectivity index (χ1n) is 7.53. The molecule has 0 heterocycles. The third-order valence-electron chi connectivity index (χ3n) is 4.18. The zero-order chi connectivity index (χ0) is 15.3. The molecule has 1 aromatic rings. The second-order valence-corrected chi connectivity index (χ2v) is 7.52. The van der Waals surface area contributed by atoms with Crippen molar-refractivity contribution in [3.63, 3.8) is 0 Å². The Morgan fingerprint density at radius 3 is 2.67 bits per heavy atom. The first-order valence-corrected chi connectivity index (χ1v) is 9.01. The van der Waals surface area contributed by atoms with Gasteiger partial charge in [-0.1, -0.05) is 38.2 Å². The first-order chi connectivity index (χ1) is 10.0. The molecule has 1 aliphatic carbocycles. The number of rotatable bonds is 5. The summed E-state index contributed by atoms with van der Waals surface area (Å²) in [4.78, 5) is 0.213. The Morgan fingerprint density at radius 2 is 2.00 bits per heavy atom. The van der Waals surface area contributed by atoms with Crippen LogP contribution in [-0.2, 0) is 10.0 Å². The molecule has 1 aromatic carbocycles. The maximum atomic E-state index is 12.3. The molecule has 114 valence electrons. The van der Waals surface area contributed by atoms with Gasteiger partial charge in [-0.15, -0.1) is 0 Å². The van der Waals surface area contributed by atoms with Crippen LogP contribution in [0.1, 0.15) is 49.7 Å². The normalized spacial score (nSPS) is 16.6. The lowest BCUT2D eigenvalue weighted by molar-refractivity contribution is 0.339. The van der Waals surface area contributed by atoms with Gasteiger partial charge in [0.1, 0.15) is 0 Å². The summed E-state index contributed by atoms with van der Waals surface area (Å²) in [5, 5.41) is 8.90. The van der Waals surface area contributed by atoms with E-state index in [1.807, 2.05) is 6.07 Å². The average molecular weight is 306 g/mol. The van der Waals surface area contributed by atoms with Crippen molar-refractivity contribution in [3.8, 4) is 6.07 Å². The van der Waals surface area contributed by atoms with Crippen LogP contribution in [0.5, 0.6) is 0 Å². The van der Waals surface area contributed by atoms with Gasteiger partial charge in [0.25, 0.3) is 0 Å². The highest BCUT2D eigenvalue weighted by atomic mass is 32.2. The lowest BCUT2D eigenvalue weighted by Crippen LogP contribution is -2.27. The molecule has 2 rings (SSSR count). The fourth-order valence-corrected chi connectivity index (χ4v) is 4.23. The van der Waals surface area contributed by atoms with E-state index in [0.29, 0.717) is 23.6 Å². The standard InChI is InChI=1S/C16H22N2O2S/c1-13-7-8-15(12-17)11-16(13)21(19,20)18-10-9-14-5-3-2-4-6-14/h7-8,11,14,18H,2-6,9-10H2,1H3. The molecular weight excluding hydrogens is 284 g/mol. The molecule has 1 aliphatic rings. The van der Waals surface area contributed by atoms with E-state index >= 15 is 0 Å². The molecule has 0 aliphatic heterocycles. The highest BCUT2D eigenvalue weighted by Gasteiger charge is 2.19. The van der Waals surface area contributed by atoms with Gasteiger partial charge in [-0.05, 0) is 37.0 Å². The van der Waals surface area contributed by atoms with Crippen LogP contribution in [-0.4, -0.2) is 15.0 Å². The molecule has 5 heteroatoms. The summed E-state index contributed by atoms with van der Waals surface area (Å²) in [6, 6.07) is 6.74. The fraction of sp³-hybridized carbons (Fsp3) is 0.562. The van der Waals surface area contributed by atoms with Gasteiger partial charge in [0.05, 0.1) is 16.5 Å². The van der Waals surface area contributed by atoms with E-state index in [-0.39, 0.29) is 4.90 Å². The van der Waals surface area contributed by atoms with Crippen molar-refractivity contribution in [2.75, 3.05) is 6.54 Å².